The maximum atomic E-state index is 12.2. The fourth-order valence-electron chi connectivity index (χ4n) is 2.29. The van der Waals surface area contributed by atoms with Crippen LogP contribution in [0.3, 0.4) is 0 Å². The predicted molar refractivity (Wildman–Crippen MR) is 109 cm³/mol. The number of anilines is 1. The van der Waals surface area contributed by atoms with Gasteiger partial charge in [-0.05, 0) is 43.8 Å². The Labute approximate surface area is 168 Å². The number of rotatable bonds is 7. The molecule has 150 valence electrons. The molecule has 7 nitrogen and oxygen atoms in total. The maximum absolute atomic E-state index is 12.2. The van der Waals surface area contributed by atoms with Crippen LogP contribution in [-0.4, -0.2) is 30.1 Å². The molecule has 28 heavy (non-hydrogen) atoms. The number of para-hydroxylation sites is 1. The minimum Gasteiger partial charge on any atom is -0.444 e. The van der Waals surface area contributed by atoms with Crippen LogP contribution in [0.4, 0.5) is 10.5 Å². The van der Waals surface area contributed by atoms with Gasteiger partial charge >= 0.3 is 6.09 Å². The number of nitrogens with one attached hydrogen (secondary N) is 3. The molecular weight excluding hydrogens is 378 g/mol. The zero-order valence-corrected chi connectivity index (χ0v) is 17.0. The Morgan fingerprint density at radius 1 is 1.00 bits per heavy atom. The van der Waals surface area contributed by atoms with Crippen molar-refractivity contribution in [1.82, 2.24) is 10.6 Å². The van der Waals surface area contributed by atoms with E-state index in [9.17, 15) is 14.4 Å². The van der Waals surface area contributed by atoms with Crippen LogP contribution in [-0.2, 0) is 27.3 Å². The Hall–Kier alpha value is -2.87. The molecule has 0 fully saturated rings. The molecule has 0 spiro atoms. The van der Waals surface area contributed by atoms with Gasteiger partial charge in [0.15, 0.2) is 0 Å². The van der Waals surface area contributed by atoms with E-state index in [0.717, 1.165) is 10.4 Å². The Bertz CT molecular complexity index is 813. The quantitative estimate of drug-likeness (QED) is 0.662. The molecule has 0 bridgehead atoms. The number of carbonyl (C=O) groups is 3. The van der Waals surface area contributed by atoms with E-state index in [-0.39, 0.29) is 24.9 Å². The zero-order valence-electron chi connectivity index (χ0n) is 16.2. The SMILES string of the molecule is CC(C)(C)OC(=O)NCC(=O)NCc1ccccc1NC(=O)Cc1cccs1. The highest BCUT2D eigenvalue weighted by Crippen LogP contribution is 2.16. The highest BCUT2D eigenvalue weighted by Gasteiger charge is 2.16. The third-order valence-electron chi connectivity index (χ3n) is 3.47. The van der Waals surface area contributed by atoms with Crippen molar-refractivity contribution in [3.63, 3.8) is 0 Å². The van der Waals surface area contributed by atoms with Gasteiger partial charge in [0.25, 0.3) is 0 Å². The first-order chi connectivity index (χ1) is 13.2. The molecule has 0 aliphatic rings. The lowest BCUT2D eigenvalue weighted by molar-refractivity contribution is -0.120. The van der Waals surface area contributed by atoms with Crippen LogP contribution < -0.4 is 16.0 Å². The summed E-state index contributed by atoms with van der Waals surface area (Å²) in [6.07, 6.45) is -0.345. The topological polar surface area (TPSA) is 96.5 Å². The summed E-state index contributed by atoms with van der Waals surface area (Å²) in [7, 11) is 0. The molecule has 8 heteroatoms. The van der Waals surface area contributed by atoms with Gasteiger partial charge in [-0.2, -0.15) is 0 Å². The van der Waals surface area contributed by atoms with E-state index in [0.29, 0.717) is 12.1 Å². The first kappa shape index (κ1) is 21.4. The second kappa shape index (κ2) is 9.89. The average Bonchev–Trinajstić information content (AvgIpc) is 3.10. The van der Waals surface area contributed by atoms with Crippen LogP contribution in [0.2, 0.25) is 0 Å². The first-order valence-electron chi connectivity index (χ1n) is 8.86. The summed E-state index contributed by atoms with van der Waals surface area (Å²) in [4.78, 5) is 36.7. The zero-order chi connectivity index (χ0) is 20.6. The van der Waals surface area contributed by atoms with Crippen molar-refractivity contribution in [2.45, 2.75) is 39.3 Å². The predicted octanol–water partition coefficient (Wildman–Crippen LogP) is 3.07. The molecule has 2 rings (SSSR count). The number of amides is 3. The van der Waals surface area contributed by atoms with Gasteiger partial charge in [-0.1, -0.05) is 24.3 Å². The summed E-state index contributed by atoms with van der Waals surface area (Å²) in [5.74, 6) is -0.474. The van der Waals surface area contributed by atoms with Crippen LogP contribution in [0, 0.1) is 0 Å². The maximum Gasteiger partial charge on any atom is 0.408 e. The summed E-state index contributed by atoms with van der Waals surface area (Å²) in [6, 6.07) is 11.1. The van der Waals surface area contributed by atoms with Crippen molar-refractivity contribution in [3.8, 4) is 0 Å². The van der Waals surface area contributed by atoms with E-state index >= 15 is 0 Å². The molecule has 1 aromatic heterocycles. The summed E-state index contributed by atoms with van der Waals surface area (Å²) in [5.41, 5.74) is 0.790. The Balaban J connectivity index is 1.83. The van der Waals surface area contributed by atoms with Gasteiger partial charge in [-0.15, -0.1) is 11.3 Å². The second-order valence-electron chi connectivity index (χ2n) is 7.09. The molecule has 3 amide bonds. The van der Waals surface area contributed by atoms with Gasteiger partial charge < -0.3 is 20.7 Å². The highest BCUT2D eigenvalue weighted by atomic mass is 32.1. The lowest BCUT2D eigenvalue weighted by Gasteiger charge is -2.19. The van der Waals surface area contributed by atoms with Crippen molar-refractivity contribution < 1.29 is 19.1 Å². The first-order valence-corrected chi connectivity index (χ1v) is 9.74. The monoisotopic (exact) mass is 403 g/mol. The molecule has 0 saturated heterocycles. The van der Waals surface area contributed by atoms with Gasteiger partial charge in [-0.3, -0.25) is 9.59 Å². The van der Waals surface area contributed by atoms with Gasteiger partial charge in [0, 0.05) is 17.1 Å². The van der Waals surface area contributed by atoms with Crippen LogP contribution in [0.5, 0.6) is 0 Å². The molecule has 1 heterocycles. The van der Waals surface area contributed by atoms with Crippen LogP contribution >= 0.6 is 11.3 Å². The summed E-state index contributed by atoms with van der Waals surface area (Å²) < 4.78 is 5.08. The smallest absolute Gasteiger partial charge is 0.408 e. The lowest BCUT2D eigenvalue weighted by Crippen LogP contribution is -2.39. The van der Waals surface area contributed by atoms with Crippen LogP contribution in [0.25, 0.3) is 0 Å². The summed E-state index contributed by atoms with van der Waals surface area (Å²) in [6.45, 7) is 5.27. The van der Waals surface area contributed by atoms with Gasteiger partial charge in [0.2, 0.25) is 11.8 Å². The molecular formula is C20H25N3O4S. The summed E-state index contributed by atoms with van der Waals surface area (Å²) in [5, 5.41) is 9.93. The van der Waals surface area contributed by atoms with Gasteiger partial charge in [0.05, 0.1) is 6.42 Å². The molecule has 0 aliphatic heterocycles. The fraction of sp³-hybridized carbons (Fsp3) is 0.350. The standard InChI is InChI=1S/C20H25N3O4S/c1-20(2,3)27-19(26)22-13-18(25)21-12-14-7-4-5-9-16(14)23-17(24)11-15-8-6-10-28-15/h4-10H,11-13H2,1-3H3,(H,21,25)(H,22,26)(H,23,24). The molecule has 0 radical (unpaired) electrons. The van der Waals surface area contributed by atoms with E-state index in [2.05, 4.69) is 16.0 Å². The molecule has 0 saturated carbocycles. The minimum absolute atomic E-state index is 0.118. The fourth-order valence-corrected chi connectivity index (χ4v) is 2.99. The Morgan fingerprint density at radius 2 is 1.75 bits per heavy atom. The molecule has 3 N–H and O–H groups in total. The lowest BCUT2D eigenvalue weighted by atomic mass is 10.1. The molecule has 0 aliphatic carbocycles. The largest absolute Gasteiger partial charge is 0.444 e. The van der Waals surface area contributed by atoms with Crippen molar-refractivity contribution in [2.24, 2.45) is 0 Å². The Kier molecular flexibility index (Phi) is 7.57. The third-order valence-corrected chi connectivity index (χ3v) is 4.35. The molecule has 0 unspecified atom stereocenters. The number of thiophene rings is 1. The van der Waals surface area contributed by atoms with E-state index in [1.807, 2.05) is 35.7 Å². The van der Waals surface area contributed by atoms with Crippen LogP contribution in [0.15, 0.2) is 41.8 Å². The van der Waals surface area contributed by atoms with Crippen LogP contribution in [0.1, 0.15) is 31.2 Å². The normalized spacial score (nSPS) is 10.8. The number of alkyl carbamates (subject to hydrolysis) is 1. The number of benzene rings is 1. The van der Waals surface area contributed by atoms with Gasteiger partial charge in [0.1, 0.15) is 12.1 Å². The molecule has 1 aromatic carbocycles. The van der Waals surface area contributed by atoms with E-state index in [1.54, 1.807) is 26.8 Å². The third kappa shape index (κ3) is 7.79. The number of hydrogen-bond donors (Lipinski definition) is 3. The van der Waals surface area contributed by atoms with Crippen molar-refractivity contribution in [3.05, 3.63) is 52.2 Å². The molecule has 0 atom stereocenters. The highest BCUT2D eigenvalue weighted by molar-refractivity contribution is 7.10. The summed E-state index contributed by atoms with van der Waals surface area (Å²) >= 11 is 1.53. The van der Waals surface area contributed by atoms with E-state index in [4.69, 9.17) is 4.74 Å². The number of ether oxygens (including phenoxy) is 1. The van der Waals surface area contributed by atoms with Crippen molar-refractivity contribution in [2.75, 3.05) is 11.9 Å². The second-order valence-corrected chi connectivity index (χ2v) is 8.13. The average molecular weight is 404 g/mol. The Morgan fingerprint density at radius 3 is 2.43 bits per heavy atom. The number of carbonyl (C=O) groups excluding carboxylic acids is 3. The van der Waals surface area contributed by atoms with E-state index < -0.39 is 11.7 Å². The van der Waals surface area contributed by atoms with E-state index in [1.165, 1.54) is 11.3 Å². The molecule has 2 aromatic rings. The number of hydrogen-bond acceptors (Lipinski definition) is 5. The minimum atomic E-state index is -0.649. The van der Waals surface area contributed by atoms with Crippen molar-refractivity contribution >= 4 is 34.9 Å². The van der Waals surface area contributed by atoms with Crippen molar-refractivity contribution in [1.29, 1.82) is 0 Å². The van der Waals surface area contributed by atoms with Gasteiger partial charge in [-0.25, -0.2) is 4.79 Å².